The molecule has 0 unspecified atom stereocenters. The maximum absolute atomic E-state index is 10.4. The Labute approximate surface area is 60.6 Å². The smallest absolute Gasteiger partial charge is 0.123 e. The van der Waals surface area contributed by atoms with E-state index in [0.717, 1.165) is 38.3 Å². The SMILES string of the molecule is O=C[C@@H]1CCCC[C@@H]1C=O. The number of carbonyl (C=O) groups is 2. The summed E-state index contributed by atoms with van der Waals surface area (Å²) in [5.74, 6) is 0.0394. The highest BCUT2D eigenvalue weighted by Crippen LogP contribution is 2.26. The quantitative estimate of drug-likeness (QED) is 0.540. The van der Waals surface area contributed by atoms with E-state index in [1.807, 2.05) is 0 Å². The van der Waals surface area contributed by atoms with Crippen LogP contribution >= 0.6 is 0 Å². The first-order chi connectivity index (χ1) is 4.88. The first-order valence-corrected chi connectivity index (χ1v) is 3.79. The molecule has 0 spiro atoms. The molecule has 1 fully saturated rings. The molecule has 10 heavy (non-hydrogen) atoms. The summed E-state index contributed by atoms with van der Waals surface area (Å²) in [5, 5.41) is 0. The van der Waals surface area contributed by atoms with Gasteiger partial charge in [0.05, 0.1) is 0 Å². The molecular formula is C8H12O2. The molecule has 0 bridgehead atoms. The summed E-state index contributed by atoms with van der Waals surface area (Å²) >= 11 is 0. The van der Waals surface area contributed by atoms with Gasteiger partial charge in [-0.15, -0.1) is 0 Å². The summed E-state index contributed by atoms with van der Waals surface area (Å²) in [6.07, 6.45) is 5.89. The molecule has 2 nitrogen and oxygen atoms in total. The van der Waals surface area contributed by atoms with Crippen LogP contribution in [0.1, 0.15) is 25.7 Å². The molecular weight excluding hydrogens is 128 g/mol. The van der Waals surface area contributed by atoms with Gasteiger partial charge in [0.15, 0.2) is 0 Å². The van der Waals surface area contributed by atoms with Crippen LogP contribution in [0.5, 0.6) is 0 Å². The average Bonchev–Trinajstić information content (AvgIpc) is 2.04. The Morgan fingerprint density at radius 3 is 1.60 bits per heavy atom. The van der Waals surface area contributed by atoms with E-state index in [4.69, 9.17) is 0 Å². The van der Waals surface area contributed by atoms with E-state index in [2.05, 4.69) is 0 Å². The number of carbonyl (C=O) groups excluding carboxylic acids is 2. The van der Waals surface area contributed by atoms with Gasteiger partial charge in [-0.3, -0.25) is 0 Å². The number of hydrogen-bond acceptors (Lipinski definition) is 2. The Bertz CT molecular complexity index is 115. The second kappa shape index (κ2) is 3.49. The van der Waals surface area contributed by atoms with Crippen molar-refractivity contribution in [1.82, 2.24) is 0 Å². The molecule has 0 saturated heterocycles. The van der Waals surface area contributed by atoms with Crippen LogP contribution in [-0.4, -0.2) is 12.6 Å². The van der Waals surface area contributed by atoms with Crippen molar-refractivity contribution in [2.24, 2.45) is 11.8 Å². The van der Waals surface area contributed by atoms with Gasteiger partial charge in [0.25, 0.3) is 0 Å². The molecule has 0 amide bonds. The summed E-state index contributed by atoms with van der Waals surface area (Å²) < 4.78 is 0. The van der Waals surface area contributed by atoms with Crippen LogP contribution in [0, 0.1) is 11.8 Å². The zero-order valence-corrected chi connectivity index (χ0v) is 5.95. The lowest BCUT2D eigenvalue weighted by molar-refractivity contribution is -0.120. The lowest BCUT2D eigenvalue weighted by atomic mass is 9.81. The van der Waals surface area contributed by atoms with E-state index in [9.17, 15) is 9.59 Å². The molecule has 0 aromatic heterocycles. The standard InChI is InChI=1S/C8H12O2/c9-5-7-3-1-2-4-8(7)6-10/h5-8H,1-4H2/t7-,8+. The molecule has 2 atom stereocenters. The zero-order chi connectivity index (χ0) is 7.40. The Kier molecular flexibility index (Phi) is 2.60. The largest absolute Gasteiger partial charge is 0.303 e. The van der Waals surface area contributed by atoms with Gasteiger partial charge in [0.1, 0.15) is 12.6 Å². The molecule has 0 aromatic rings. The Hall–Kier alpha value is -0.660. The van der Waals surface area contributed by atoms with Crippen molar-refractivity contribution >= 4 is 12.6 Å². The molecule has 0 heterocycles. The van der Waals surface area contributed by atoms with Crippen LogP contribution in [0.2, 0.25) is 0 Å². The molecule has 0 aliphatic heterocycles. The van der Waals surface area contributed by atoms with Gasteiger partial charge in [0.2, 0.25) is 0 Å². The van der Waals surface area contributed by atoms with E-state index in [1.165, 1.54) is 0 Å². The minimum Gasteiger partial charge on any atom is -0.303 e. The third-order valence-corrected chi connectivity index (χ3v) is 2.22. The van der Waals surface area contributed by atoms with Gasteiger partial charge >= 0.3 is 0 Å². The van der Waals surface area contributed by atoms with Crippen molar-refractivity contribution < 1.29 is 9.59 Å². The first-order valence-electron chi connectivity index (χ1n) is 3.79. The Morgan fingerprint density at radius 2 is 1.30 bits per heavy atom. The monoisotopic (exact) mass is 140 g/mol. The lowest BCUT2D eigenvalue weighted by Crippen LogP contribution is -2.21. The lowest BCUT2D eigenvalue weighted by Gasteiger charge is -2.22. The maximum Gasteiger partial charge on any atom is 0.123 e. The van der Waals surface area contributed by atoms with Gasteiger partial charge in [-0.1, -0.05) is 12.8 Å². The predicted molar refractivity (Wildman–Crippen MR) is 37.6 cm³/mol. The van der Waals surface area contributed by atoms with Crippen LogP contribution in [0.25, 0.3) is 0 Å². The van der Waals surface area contributed by atoms with Crippen molar-refractivity contribution in [3.8, 4) is 0 Å². The summed E-state index contributed by atoms with van der Waals surface area (Å²) in [6, 6.07) is 0. The van der Waals surface area contributed by atoms with Crippen molar-refractivity contribution in [2.45, 2.75) is 25.7 Å². The summed E-state index contributed by atoms with van der Waals surface area (Å²) in [4.78, 5) is 20.7. The number of hydrogen-bond donors (Lipinski definition) is 0. The summed E-state index contributed by atoms with van der Waals surface area (Å²) in [5.41, 5.74) is 0. The van der Waals surface area contributed by atoms with E-state index in [-0.39, 0.29) is 11.8 Å². The Morgan fingerprint density at radius 1 is 0.900 bits per heavy atom. The van der Waals surface area contributed by atoms with Gasteiger partial charge in [-0.2, -0.15) is 0 Å². The molecule has 56 valence electrons. The minimum absolute atomic E-state index is 0.0197. The topological polar surface area (TPSA) is 34.1 Å². The molecule has 1 aliphatic rings. The van der Waals surface area contributed by atoms with Crippen molar-refractivity contribution in [1.29, 1.82) is 0 Å². The highest BCUT2D eigenvalue weighted by atomic mass is 16.1. The van der Waals surface area contributed by atoms with Crippen LogP contribution in [0.3, 0.4) is 0 Å². The average molecular weight is 140 g/mol. The van der Waals surface area contributed by atoms with Crippen molar-refractivity contribution in [2.75, 3.05) is 0 Å². The molecule has 0 aromatic carbocycles. The van der Waals surface area contributed by atoms with E-state index >= 15 is 0 Å². The van der Waals surface area contributed by atoms with E-state index in [1.54, 1.807) is 0 Å². The maximum atomic E-state index is 10.4. The summed E-state index contributed by atoms with van der Waals surface area (Å²) in [7, 11) is 0. The fraction of sp³-hybridized carbons (Fsp3) is 0.750. The molecule has 1 aliphatic carbocycles. The third-order valence-electron chi connectivity index (χ3n) is 2.22. The van der Waals surface area contributed by atoms with Gasteiger partial charge in [-0.25, -0.2) is 0 Å². The second-order valence-corrected chi connectivity index (χ2v) is 2.88. The molecule has 1 rings (SSSR count). The van der Waals surface area contributed by atoms with E-state index < -0.39 is 0 Å². The Balaban J connectivity index is 2.49. The van der Waals surface area contributed by atoms with E-state index in [0.29, 0.717) is 0 Å². The first kappa shape index (κ1) is 7.45. The summed E-state index contributed by atoms with van der Waals surface area (Å²) in [6.45, 7) is 0. The fourth-order valence-corrected chi connectivity index (χ4v) is 1.53. The highest BCUT2D eigenvalue weighted by molar-refractivity contribution is 5.64. The normalized spacial score (nSPS) is 33.2. The molecule has 2 heteroatoms. The second-order valence-electron chi connectivity index (χ2n) is 2.88. The van der Waals surface area contributed by atoms with Crippen LogP contribution in [-0.2, 0) is 9.59 Å². The van der Waals surface area contributed by atoms with Crippen LogP contribution < -0.4 is 0 Å². The number of aldehydes is 2. The fourth-order valence-electron chi connectivity index (χ4n) is 1.53. The molecule has 0 radical (unpaired) electrons. The van der Waals surface area contributed by atoms with Gasteiger partial charge in [0, 0.05) is 11.8 Å². The van der Waals surface area contributed by atoms with Gasteiger partial charge in [-0.05, 0) is 12.8 Å². The van der Waals surface area contributed by atoms with Crippen LogP contribution in [0.15, 0.2) is 0 Å². The highest BCUT2D eigenvalue weighted by Gasteiger charge is 2.23. The van der Waals surface area contributed by atoms with Crippen LogP contribution in [0.4, 0.5) is 0 Å². The van der Waals surface area contributed by atoms with Crippen molar-refractivity contribution in [3.05, 3.63) is 0 Å². The van der Waals surface area contributed by atoms with Gasteiger partial charge < -0.3 is 9.59 Å². The number of rotatable bonds is 2. The van der Waals surface area contributed by atoms with Crippen molar-refractivity contribution in [3.63, 3.8) is 0 Å². The molecule has 1 saturated carbocycles. The minimum atomic E-state index is 0.0197. The predicted octanol–water partition coefficient (Wildman–Crippen LogP) is 1.19. The third kappa shape index (κ3) is 1.43. The zero-order valence-electron chi connectivity index (χ0n) is 5.95. The molecule has 0 N–H and O–H groups in total.